The van der Waals surface area contributed by atoms with Crippen LogP contribution in [0.15, 0.2) is 72.0 Å². The Labute approximate surface area is 143 Å². The number of rotatable bonds is 3. The van der Waals surface area contributed by atoms with Crippen molar-refractivity contribution in [3.63, 3.8) is 0 Å². The molecule has 0 fully saturated rings. The van der Waals surface area contributed by atoms with Gasteiger partial charge in [0.15, 0.2) is 0 Å². The van der Waals surface area contributed by atoms with E-state index in [1.54, 1.807) is 17.1 Å². The lowest BCUT2D eigenvalue weighted by atomic mass is 10.1. The highest BCUT2D eigenvalue weighted by Crippen LogP contribution is 2.18. The third-order valence-electron chi connectivity index (χ3n) is 3.68. The van der Waals surface area contributed by atoms with Crippen LogP contribution in [0, 0.1) is 4.77 Å². The Hall–Kier alpha value is -3.12. The van der Waals surface area contributed by atoms with Gasteiger partial charge in [-0.3, -0.25) is 4.98 Å². The van der Waals surface area contributed by atoms with Crippen LogP contribution in [-0.2, 0) is 0 Å². The van der Waals surface area contributed by atoms with Gasteiger partial charge in [0.05, 0.1) is 6.21 Å². The molecular weight excluding hydrogens is 318 g/mol. The highest BCUT2D eigenvalue weighted by molar-refractivity contribution is 7.71. The number of aromatic nitrogens is 4. The number of hydrogen-bond acceptors (Lipinski definition) is 4. The van der Waals surface area contributed by atoms with Gasteiger partial charge >= 0.3 is 0 Å². The third kappa shape index (κ3) is 2.63. The average molecular weight is 331 g/mol. The van der Waals surface area contributed by atoms with Gasteiger partial charge in [0.1, 0.15) is 5.69 Å². The minimum atomic E-state index is 0.423. The zero-order valence-electron chi connectivity index (χ0n) is 12.6. The van der Waals surface area contributed by atoms with E-state index in [-0.39, 0.29) is 0 Å². The summed E-state index contributed by atoms with van der Waals surface area (Å²) in [5, 5.41) is 13.8. The molecule has 0 saturated carbocycles. The van der Waals surface area contributed by atoms with Gasteiger partial charge < -0.3 is 0 Å². The van der Waals surface area contributed by atoms with E-state index in [0.29, 0.717) is 16.3 Å². The van der Waals surface area contributed by atoms with Gasteiger partial charge in [-0.05, 0) is 35.1 Å². The van der Waals surface area contributed by atoms with Crippen molar-refractivity contribution < 1.29 is 0 Å². The summed E-state index contributed by atoms with van der Waals surface area (Å²) in [6.45, 7) is 0. The summed E-state index contributed by atoms with van der Waals surface area (Å²) >= 11 is 5.29. The molecule has 0 amide bonds. The van der Waals surface area contributed by atoms with Gasteiger partial charge in [-0.15, -0.1) is 0 Å². The number of H-pyrrole nitrogens is 1. The van der Waals surface area contributed by atoms with Crippen LogP contribution in [0.3, 0.4) is 0 Å². The summed E-state index contributed by atoms with van der Waals surface area (Å²) in [6.07, 6.45) is 3.51. The van der Waals surface area contributed by atoms with Gasteiger partial charge in [-0.2, -0.15) is 14.9 Å². The zero-order chi connectivity index (χ0) is 16.4. The van der Waals surface area contributed by atoms with E-state index in [1.807, 2.05) is 42.5 Å². The van der Waals surface area contributed by atoms with Crippen molar-refractivity contribution in [2.45, 2.75) is 0 Å². The zero-order valence-corrected chi connectivity index (χ0v) is 13.4. The van der Waals surface area contributed by atoms with E-state index in [1.165, 1.54) is 5.39 Å². The van der Waals surface area contributed by atoms with Crippen molar-refractivity contribution in [2.24, 2.45) is 5.10 Å². The monoisotopic (exact) mass is 331 g/mol. The molecule has 0 radical (unpaired) electrons. The normalized spacial score (nSPS) is 11.3. The standard InChI is InChI=1S/C18H13N5S/c24-18-22-21-17(16-10-3-4-11-19-16)23(18)20-12-14-8-5-7-13-6-1-2-9-15(13)14/h1-12H,(H,22,24). The summed E-state index contributed by atoms with van der Waals surface area (Å²) in [5.74, 6) is 0.581. The number of hydrogen-bond donors (Lipinski definition) is 1. The number of fused-ring (bicyclic) bond motifs is 1. The number of pyridine rings is 1. The van der Waals surface area contributed by atoms with Gasteiger partial charge in [-0.25, -0.2) is 5.10 Å². The molecule has 6 heteroatoms. The number of aromatic amines is 1. The smallest absolute Gasteiger partial charge is 0.216 e. The van der Waals surface area contributed by atoms with Crippen LogP contribution in [0.4, 0.5) is 0 Å². The Balaban J connectivity index is 1.80. The van der Waals surface area contributed by atoms with Crippen LogP contribution in [0.5, 0.6) is 0 Å². The molecule has 0 saturated heterocycles. The molecular formula is C18H13N5S. The first kappa shape index (κ1) is 14.5. The van der Waals surface area contributed by atoms with Crippen molar-refractivity contribution in [1.29, 1.82) is 0 Å². The van der Waals surface area contributed by atoms with Crippen molar-refractivity contribution in [2.75, 3.05) is 0 Å². The minimum Gasteiger partial charge on any atom is -0.253 e. The first-order chi connectivity index (χ1) is 11.8. The minimum absolute atomic E-state index is 0.423. The highest BCUT2D eigenvalue weighted by Gasteiger charge is 2.08. The molecule has 4 aromatic rings. The quantitative estimate of drug-likeness (QED) is 0.455. The Morgan fingerprint density at radius 2 is 1.83 bits per heavy atom. The molecule has 0 aliphatic heterocycles. The highest BCUT2D eigenvalue weighted by atomic mass is 32.1. The average Bonchev–Trinajstić information content (AvgIpc) is 3.01. The fraction of sp³-hybridized carbons (Fsp3) is 0. The Morgan fingerprint density at radius 3 is 2.71 bits per heavy atom. The van der Waals surface area contributed by atoms with E-state index in [4.69, 9.17) is 12.2 Å². The van der Waals surface area contributed by atoms with Gasteiger partial charge in [0, 0.05) is 11.8 Å². The molecule has 24 heavy (non-hydrogen) atoms. The van der Waals surface area contributed by atoms with Gasteiger partial charge in [0.25, 0.3) is 0 Å². The predicted molar refractivity (Wildman–Crippen MR) is 97.6 cm³/mol. The molecule has 0 aliphatic carbocycles. The summed E-state index contributed by atoms with van der Waals surface area (Å²) in [7, 11) is 0. The molecule has 5 nitrogen and oxygen atoms in total. The van der Waals surface area contributed by atoms with Crippen molar-refractivity contribution in [3.05, 3.63) is 77.2 Å². The van der Waals surface area contributed by atoms with Crippen LogP contribution in [0.1, 0.15) is 5.56 Å². The molecule has 0 unspecified atom stereocenters. The summed E-state index contributed by atoms with van der Waals surface area (Å²) < 4.78 is 2.01. The SMILES string of the molecule is S=c1[nH]nc(-c2ccccn2)n1N=Cc1cccc2ccccc12. The second kappa shape index (κ2) is 6.17. The first-order valence-electron chi connectivity index (χ1n) is 7.44. The van der Waals surface area contributed by atoms with Crippen molar-refractivity contribution in [3.8, 4) is 11.5 Å². The van der Waals surface area contributed by atoms with E-state index < -0.39 is 0 Å². The maximum absolute atomic E-state index is 5.29. The molecule has 0 spiro atoms. The number of benzene rings is 2. The Kier molecular flexibility index (Phi) is 3.72. The van der Waals surface area contributed by atoms with Crippen LogP contribution in [-0.4, -0.2) is 26.1 Å². The Bertz CT molecular complexity index is 1070. The summed E-state index contributed by atoms with van der Waals surface area (Å²) in [5.41, 5.74) is 1.73. The lowest BCUT2D eigenvalue weighted by molar-refractivity contribution is 0.867. The third-order valence-corrected chi connectivity index (χ3v) is 3.94. The lowest BCUT2D eigenvalue weighted by Gasteiger charge is -2.02. The Morgan fingerprint density at radius 1 is 1.00 bits per heavy atom. The van der Waals surface area contributed by atoms with Crippen molar-refractivity contribution >= 4 is 29.2 Å². The topological polar surface area (TPSA) is 58.9 Å². The van der Waals surface area contributed by atoms with E-state index >= 15 is 0 Å². The van der Waals surface area contributed by atoms with E-state index in [2.05, 4.69) is 38.5 Å². The maximum Gasteiger partial charge on any atom is 0.216 e. The summed E-state index contributed by atoms with van der Waals surface area (Å²) in [4.78, 5) is 4.30. The molecule has 0 atom stereocenters. The molecule has 2 aromatic carbocycles. The molecule has 2 aromatic heterocycles. The van der Waals surface area contributed by atoms with E-state index in [9.17, 15) is 0 Å². The van der Waals surface area contributed by atoms with E-state index in [0.717, 1.165) is 10.9 Å². The largest absolute Gasteiger partial charge is 0.253 e. The molecule has 0 aliphatic rings. The molecule has 116 valence electrons. The molecule has 2 heterocycles. The molecule has 4 rings (SSSR count). The number of nitrogens with one attached hydrogen (secondary N) is 1. The van der Waals surface area contributed by atoms with Crippen LogP contribution >= 0.6 is 12.2 Å². The fourth-order valence-corrected chi connectivity index (χ4v) is 2.72. The molecule has 0 bridgehead atoms. The predicted octanol–water partition coefficient (Wildman–Crippen LogP) is 4.04. The van der Waals surface area contributed by atoms with Crippen LogP contribution < -0.4 is 0 Å². The lowest BCUT2D eigenvalue weighted by Crippen LogP contribution is -1.96. The summed E-state index contributed by atoms with van der Waals surface area (Å²) in [6, 6.07) is 19.9. The first-order valence-corrected chi connectivity index (χ1v) is 7.85. The van der Waals surface area contributed by atoms with Gasteiger partial charge in [0.2, 0.25) is 10.6 Å². The van der Waals surface area contributed by atoms with Gasteiger partial charge in [-0.1, -0.05) is 48.5 Å². The molecule has 1 N–H and O–H groups in total. The van der Waals surface area contributed by atoms with Crippen LogP contribution in [0.2, 0.25) is 0 Å². The number of nitrogens with zero attached hydrogens (tertiary/aromatic N) is 4. The van der Waals surface area contributed by atoms with Crippen LogP contribution in [0.25, 0.3) is 22.3 Å². The maximum atomic E-state index is 5.29. The second-order valence-electron chi connectivity index (χ2n) is 5.19. The van der Waals surface area contributed by atoms with Crippen molar-refractivity contribution in [1.82, 2.24) is 19.9 Å². The second-order valence-corrected chi connectivity index (χ2v) is 5.58. The fourth-order valence-electron chi connectivity index (χ4n) is 2.54.